The lowest BCUT2D eigenvalue weighted by molar-refractivity contribution is 0.0954. The molecule has 0 spiro atoms. The monoisotopic (exact) mass is 362 g/mol. The van der Waals surface area contributed by atoms with Crippen LogP contribution in [0.1, 0.15) is 15.9 Å². The van der Waals surface area contributed by atoms with Crippen LogP contribution in [0.2, 0.25) is 0 Å². The van der Waals surface area contributed by atoms with Gasteiger partial charge in [-0.2, -0.15) is 0 Å². The van der Waals surface area contributed by atoms with Crippen LogP contribution in [0.25, 0.3) is 0 Å². The smallest absolute Gasteiger partial charge is 0.251 e. The largest absolute Gasteiger partial charge is 0.352 e. The summed E-state index contributed by atoms with van der Waals surface area (Å²) in [5.74, 6) is -0.741. The summed E-state index contributed by atoms with van der Waals surface area (Å²) in [7, 11) is -3.70. The first-order chi connectivity index (χ1) is 11.9. The number of halogens is 1. The van der Waals surface area contributed by atoms with Gasteiger partial charge in [0, 0.05) is 18.7 Å². The lowest BCUT2D eigenvalue weighted by Crippen LogP contribution is -2.27. The third-order valence-corrected chi connectivity index (χ3v) is 4.88. The summed E-state index contributed by atoms with van der Waals surface area (Å²) in [6, 6.07) is 12.1. The van der Waals surface area contributed by atoms with Crippen LogP contribution in [-0.4, -0.2) is 27.4 Å². The number of rotatable bonds is 8. The number of carbonyl (C=O) groups is 1. The highest BCUT2D eigenvalue weighted by molar-refractivity contribution is 7.89. The molecule has 0 aliphatic rings. The van der Waals surface area contributed by atoms with Crippen molar-refractivity contribution in [2.75, 3.05) is 13.1 Å². The van der Waals surface area contributed by atoms with Gasteiger partial charge in [-0.15, -0.1) is 6.58 Å². The van der Waals surface area contributed by atoms with Crippen LogP contribution in [0.5, 0.6) is 0 Å². The van der Waals surface area contributed by atoms with Gasteiger partial charge in [0.2, 0.25) is 10.0 Å². The molecule has 2 N–H and O–H groups in total. The number of sulfonamides is 1. The van der Waals surface area contributed by atoms with Crippen molar-refractivity contribution in [2.24, 2.45) is 0 Å². The first-order valence-electron chi connectivity index (χ1n) is 7.66. The van der Waals surface area contributed by atoms with Crippen LogP contribution in [0, 0.1) is 5.82 Å². The second-order valence-corrected chi connectivity index (χ2v) is 7.03. The van der Waals surface area contributed by atoms with E-state index in [1.165, 1.54) is 36.4 Å². The molecule has 0 saturated heterocycles. The van der Waals surface area contributed by atoms with Gasteiger partial charge in [0.15, 0.2) is 0 Å². The topological polar surface area (TPSA) is 75.3 Å². The van der Waals surface area contributed by atoms with Crippen LogP contribution in [0.4, 0.5) is 4.39 Å². The highest BCUT2D eigenvalue weighted by atomic mass is 32.2. The Morgan fingerprint density at radius 2 is 1.92 bits per heavy atom. The fraction of sp³-hybridized carbons (Fsp3) is 0.167. The summed E-state index contributed by atoms with van der Waals surface area (Å²) in [5.41, 5.74) is 0.725. The van der Waals surface area contributed by atoms with Crippen LogP contribution >= 0.6 is 0 Å². The zero-order chi connectivity index (χ0) is 18.3. The van der Waals surface area contributed by atoms with E-state index in [0.717, 1.165) is 0 Å². The predicted molar refractivity (Wildman–Crippen MR) is 94.3 cm³/mol. The molecule has 2 rings (SSSR count). The summed E-state index contributed by atoms with van der Waals surface area (Å²) in [6.07, 6.45) is 1.77. The predicted octanol–water partition coefficient (Wildman–Crippen LogP) is 2.26. The van der Waals surface area contributed by atoms with Gasteiger partial charge in [0.1, 0.15) is 5.82 Å². The Morgan fingerprint density at radius 1 is 1.16 bits per heavy atom. The highest BCUT2D eigenvalue weighted by Gasteiger charge is 2.15. The van der Waals surface area contributed by atoms with Gasteiger partial charge in [-0.25, -0.2) is 17.5 Å². The molecule has 2 aromatic rings. The van der Waals surface area contributed by atoms with Crippen molar-refractivity contribution in [1.29, 1.82) is 0 Å². The summed E-state index contributed by atoms with van der Waals surface area (Å²) >= 11 is 0. The minimum Gasteiger partial charge on any atom is -0.352 e. The van der Waals surface area contributed by atoms with Crippen LogP contribution in [-0.2, 0) is 16.4 Å². The molecule has 1 amide bonds. The fourth-order valence-corrected chi connectivity index (χ4v) is 3.21. The molecule has 0 aliphatic carbocycles. The average molecular weight is 362 g/mol. The summed E-state index contributed by atoms with van der Waals surface area (Å²) in [6.45, 7) is 3.79. The second kappa shape index (κ2) is 8.55. The van der Waals surface area contributed by atoms with Crippen molar-refractivity contribution in [3.05, 3.63) is 78.1 Å². The van der Waals surface area contributed by atoms with Crippen LogP contribution < -0.4 is 10.0 Å². The normalized spacial score (nSPS) is 11.1. The average Bonchev–Trinajstić information content (AvgIpc) is 2.61. The van der Waals surface area contributed by atoms with E-state index in [1.807, 2.05) is 0 Å². The number of amides is 1. The zero-order valence-corrected chi connectivity index (χ0v) is 14.4. The third kappa shape index (κ3) is 5.23. The summed E-state index contributed by atoms with van der Waals surface area (Å²) < 4.78 is 40.0. The van der Waals surface area contributed by atoms with Gasteiger partial charge in [-0.1, -0.05) is 30.3 Å². The Hall–Kier alpha value is -2.51. The molecule has 25 heavy (non-hydrogen) atoms. The van der Waals surface area contributed by atoms with E-state index < -0.39 is 15.9 Å². The Bertz CT molecular complexity index is 866. The maximum atomic E-state index is 13.5. The van der Waals surface area contributed by atoms with Gasteiger partial charge in [0.25, 0.3) is 5.91 Å². The van der Waals surface area contributed by atoms with E-state index in [2.05, 4.69) is 16.6 Å². The Morgan fingerprint density at radius 3 is 2.64 bits per heavy atom. The highest BCUT2D eigenvalue weighted by Crippen LogP contribution is 2.12. The van der Waals surface area contributed by atoms with Crippen molar-refractivity contribution >= 4 is 15.9 Å². The van der Waals surface area contributed by atoms with E-state index in [4.69, 9.17) is 0 Å². The number of hydrogen-bond acceptors (Lipinski definition) is 3. The van der Waals surface area contributed by atoms with Gasteiger partial charge in [-0.3, -0.25) is 4.79 Å². The molecule has 0 aliphatic heterocycles. The van der Waals surface area contributed by atoms with Crippen molar-refractivity contribution in [3.8, 4) is 0 Å². The van der Waals surface area contributed by atoms with Crippen LogP contribution in [0.15, 0.2) is 66.1 Å². The lowest BCUT2D eigenvalue weighted by Gasteiger charge is -2.08. The third-order valence-electron chi connectivity index (χ3n) is 3.46. The number of carbonyl (C=O) groups excluding carboxylic acids is 1. The molecule has 0 heterocycles. The molecule has 7 heteroatoms. The Balaban J connectivity index is 2.01. The van der Waals surface area contributed by atoms with E-state index >= 15 is 0 Å². The van der Waals surface area contributed by atoms with Crippen molar-refractivity contribution < 1.29 is 17.6 Å². The van der Waals surface area contributed by atoms with E-state index in [9.17, 15) is 17.6 Å². The van der Waals surface area contributed by atoms with Crippen molar-refractivity contribution in [2.45, 2.75) is 11.3 Å². The molecule has 5 nitrogen and oxygen atoms in total. The maximum Gasteiger partial charge on any atom is 0.251 e. The van der Waals surface area contributed by atoms with Crippen LogP contribution in [0.3, 0.4) is 0 Å². The number of nitrogens with one attached hydrogen (secondary N) is 2. The van der Waals surface area contributed by atoms with Crippen molar-refractivity contribution in [3.63, 3.8) is 0 Å². The molecular formula is C18H19FN2O3S. The van der Waals surface area contributed by atoms with E-state index in [0.29, 0.717) is 12.0 Å². The molecule has 0 bridgehead atoms. The van der Waals surface area contributed by atoms with Gasteiger partial charge >= 0.3 is 0 Å². The van der Waals surface area contributed by atoms with Crippen molar-refractivity contribution in [1.82, 2.24) is 10.0 Å². The maximum absolute atomic E-state index is 13.5. The first kappa shape index (κ1) is 18.8. The second-order valence-electron chi connectivity index (χ2n) is 5.27. The summed E-state index contributed by atoms with van der Waals surface area (Å²) in [4.78, 5) is 12.2. The van der Waals surface area contributed by atoms with E-state index in [-0.39, 0.29) is 29.4 Å². The lowest BCUT2D eigenvalue weighted by atomic mass is 10.1. The fourth-order valence-electron chi connectivity index (χ4n) is 2.17. The molecule has 0 aromatic heterocycles. The summed E-state index contributed by atoms with van der Waals surface area (Å²) in [5, 5.41) is 2.66. The van der Waals surface area contributed by atoms with E-state index in [1.54, 1.807) is 18.2 Å². The van der Waals surface area contributed by atoms with Gasteiger partial charge < -0.3 is 5.32 Å². The minimum atomic E-state index is -3.70. The molecular weight excluding hydrogens is 343 g/mol. The number of hydrogen-bond donors (Lipinski definition) is 2. The first-order valence-corrected chi connectivity index (χ1v) is 9.14. The molecule has 0 radical (unpaired) electrons. The Labute approximate surface area is 146 Å². The molecule has 0 saturated carbocycles. The standard InChI is InChI=1S/C18H19FN2O3S/c1-2-11-21-25(23,24)16-8-5-7-15(13-16)18(22)20-12-10-14-6-3-4-9-17(14)19/h2-9,13,21H,1,10-12H2,(H,20,22). The molecule has 132 valence electrons. The van der Waals surface area contributed by atoms with Gasteiger partial charge in [0.05, 0.1) is 4.90 Å². The molecule has 0 fully saturated rings. The van der Waals surface area contributed by atoms with Gasteiger partial charge in [-0.05, 0) is 36.2 Å². The number of benzene rings is 2. The quantitative estimate of drug-likeness (QED) is 0.708. The Kier molecular flexibility index (Phi) is 6.44. The zero-order valence-electron chi connectivity index (χ0n) is 13.5. The molecule has 0 atom stereocenters. The minimum absolute atomic E-state index is 0.00361. The molecule has 2 aromatic carbocycles. The SMILES string of the molecule is C=CCNS(=O)(=O)c1cccc(C(=O)NCCc2ccccc2F)c1. The molecule has 0 unspecified atom stereocenters.